The molecule has 4 heteroatoms. The van der Waals surface area contributed by atoms with Crippen molar-refractivity contribution in [2.75, 3.05) is 0 Å². The molecule has 0 aromatic heterocycles. The number of ether oxygens (including phenoxy) is 1. The van der Waals surface area contributed by atoms with Crippen molar-refractivity contribution in [1.82, 2.24) is 0 Å². The van der Waals surface area contributed by atoms with Gasteiger partial charge in [0.05, 0.1) is 0 Å². The molecule has 6 heavy (non-hydrogen) atoms. The van der Waals surface area contributed by atoms with Gasteiger partial charge in [0.15, 0.2) is 12.8 Å². The van der Waals surface area contributed by atoms with Crippen molar-refractivity contribution in [2.45, 2.75) is 0 Å². The second-order valence-electron chi connectivity index (χ2n) is 0.639. The van der Waals surface area contributed by atoms with Crippen LogP contribution in [0.2, 0.25) is 0 Å². The largest absolute Gasteiger partial charge is 0.433 e. The van der Waals surface area contributed by atoms with Gasteiger partial charge in [-0.25, -0.2) is 0 Å². The third-order valence-electron chi connectivity index (χ3n) is 0.302. The van der Waals surface area contributed by atoms with Crippen LogP contribution in [0.15, 0.2) is 8.80 Å². The van der Waals surface area contributed by atoms with Crippen molar-refractivity contribution >= 4 is 24.9 Å². The molecule has 32 valence electrons. The zero-order valence-corrected chi connectivity index (χ0v) is 3.68. The molecule has 0 unspecified atom stereocenters. The van der Waals surface area contributed by atoms with Crippen LogP contribution < -0.4 is 0 Å². The van der Waals surface area contributed by atoms with Crippen molar-refractivity contribution in [3.8, 4) is 0 Å². The summed E-state index contributed by atoms with van der Waals surface area (Å²) in [6.07, 6.45) is 2.66. The van der Waals surface area contributed by atoms with Gasteiger partial charge in [-0.1, -0.05) is 0 Å². The Bertz CT molecular complexity index is 69.5. The lowest BCUT2D eigenvalue weighted by Gasteiger charge is -1.88. The first-order valence-corrected chi connectivity index (χ1v) is 2.08. The Morgan fingerprint density at radius 1 is 1.33 bits per heavy atom. The van der Waals surface area contributed by atoms with Crippen molar-refractivity contribution in [3.63, 3.8) is 0 Å². The molecule has 0 spiro atoms. The molecule has 0 aromatic carbocycles. The van der Waals surface area contributed by atoms with Crippen LogP contribution in [0.1, 0.15) is 0 Å². The van der Waals surface area contributed by atoms with E-state index < -0.39 is 0 Å². The summed E-state index contributed by atoms with van der Waals surface area (Å²) in [5.41, 5.74) is 0. The minimum atomic E-state index is 1.11. The van der Waals surface area contributed by atoms with Crippen molar-refractivity contribution < 1.29 is 4.74 Å². The minimum absolute atomic E-state index is 1.11. The lowest BCUT2D eigenvalue weighted by molar-refractivity contribution is 0.596. The van der Waals surface area contributed by atoms with E-state index in [4.69, 9.17) is 0 Å². The van der Waals surface area contributed by atoms with E-state index in [0.717, 1.165) is 12.1 Å². The highest BCUT2D eigenvalue weighted by Crippen LogP contribution is 2.02. The molecule has 0 aliphatic carbocycles. The smallest absolute Gasteiger partial charge is 0.191 e. The molecule has 0 bridgehead atoms. The van der Waals surface area contributed by atoms with E-state index in [9.17, 15) is 0 Å². The fourth-order valence-corrected chi connectivity index (χ4v) is 0.373. The molecule has 0 saturated heterocycles. The molecule has 1 rings (SSSR count). The van der Waals surface area contributed by atoms with E-state index in [1.165, 1.54) is 12.8 Å². The Morgan fingerprint density at radius 3 is 2.17 bits per heavy atom. The van der Waals surface area contributed by atoms with Crippen LogP contribution in [0.3, 0.4) is 0 Å². The second kappa shape index (κ2) is 1.81. The van der Waals surface area contributed by atoms with E-state index in [0.29, 0.717) is 0 Å². The summed E-state index contributed by atoms with van der Waals surface area (Å²) >= 11 is 1.11. The van der Waals surface area contributed by atoms with Crippen LogP contribution in [0, 0.1) is 0 Å². The Labute approximate surface area is 39.4 Å². The molecule has 0 fully saturated rings. The lowest BCUT2D eigenvalue weighted by atomic mass is 11.4. The van der Waals surface area contributed by atoms with Crippen LogP contribution in [0.25, 0.3) is 0 Å². The quantitative estimate of drug-likeness (QED) is 0.420. The van der Waals surface area contributed by atoms with Crippen LogP contribution in [-0.4, -0.2) is 12.8 Å². The fourth-order valence-electron chi connectivity index (χ4n) is 0.143. The summed E-state index contributed by atoms with van der Waals surface area (Å²) in [6, 6.07) is 0. The summed E-state index contributed by atoms with van der Waals surface area (Å²) in [5, 5.41) is 0. The van der Waals surface area contributed by atoms with Gasteiger partial charge in [-0.2, -0.15) is 8.80 Å². The van der Waals surface area contributed by atoms with Gasteiger partial charge in [0.25, 0.3) is 0 Å². The summed E-state index contributed by atoms with van der Waals surface area (Å²) in [4.78, 5) is 0. The Kier molecular flexibility index (Phi) is 1.11. The third kappa shape index (κ3) is 0.718. The van der Waals surface area contributed by atoms with E-state index in [1.807, 2.05) is 0 Å². The predicted molar refractivity (Wildman–Crippen MR) is 25.7 cm³/mol. The molecule has 0 aromatic rings. The van der Waals surface area contributed by atoms with Crippen molar-refractivity contribution in [2.24, 2.45) is 8.80 Å². The number of hydrogen-bond donors (Lipinski definition) is 0. The molecule has 0 atom stereocenters. The first-order chi connectivity index (χ1) is 3.00. The maximum Gasteiger partial charge on any atom is 0.191 e. The van der Waals surface area contributed by atoms with Crippen LogP contribution >= 0.6 is 12.1 Å². The average Bonchev–Trinajstić information content (AvgIpc) is 1.72. The number of rotatable bonds is 0. The first kappa shape index (κ1) is 3.67. The fraction of sp³-hybridized carbons (Fsp3) is 0. The molecule has 1 heterocycles. The lowest BCUT2D eigenvalue weighted by Crippen LogP contribution is -1.83. The van der Waals surface area contributed by atoms with E-state index in [2.05, 4.69) is 13.5 Å². The van der Waals surface area contributed by atoms with E-state index >= 15 is 0 Å². The monoisotopic (exact) mass is 102 g/mol. The summed E-state index contributed by atoms with van der Waals surface area (Å²) < 4.78 is 11.6. The Hall–Kier alpha value is -0.510. The van der Waals surface area contributed by atoms with E-state index in [-0.39, 0.29) is 0 Å². The van der Waals surface area contributed by atoms with Crippen LogP contribution in [-0.2, 0) is 4.74 Å². The minimum Gasteiger partial charge on any atom is -0.433 e. The topological polar surface area (TPSA) is 34.0 Å². The zero-order chi connectivity index (χ0) is 4.24. The zero-order valence-electron chi connectivity index (χ0n) is 2.87. The highest BCUT2D eigenvalue weighted by molar-refractivity contribution is 7.97. The maximum absolute atomic E-state index is 4.47. The predicted octanol–water partition coefficient (Wildman–Crippen LogP) is 0.636. The van der Waals surface area contributed by atoms with Gasteiger partial charge in [-0.15, -0.1) is 0 Å². The maximum atomic E-state index is 4.47. The molecule has 1 aliphatic rings. The molecule has 3 nitrogen and oxygen atoms in total. The number of nitrogens with zero attached hydrogens (tertiary/aromatic N) is 2. The third-order valence-corrected chi connectivity index (χ3v) is 0.663. The average molecular weight is 102 g/mol. The summed E-state index contributed by atoms with van der Waals surface area (Å²) in [5.74, 6) is 0. The van der Waals surface area contributed by atoms with Crippen molar-refractivity contribution in [3.05, 3.63) is 0 Å². The summed E-state index contributed by atoms with van der Waals surface area (Å²) in [6.45, 7) is 0. The van der Waals surface area contributed by atoms with Gasteiger partial charge in [0.1, 0.15) is 12.1 Å². The van der Waals surface area contributed by atoms with E-state index in [1.54, 1.807) is 0 Å². The first-order valence-electron chi connectivity index (χ1n) is 1.35. The molecule has 0 N–H and O–H groups in total. The molecule has 0 amide bonds. The SMILES string of the molecule is C1=NSN=CO1. The Balaban J connectivity index is 2.40. The second-order valence-corrected chi connectivity index (χ2v) is 1.22. The molecule has 0 radical (unpaired) electrons. The van der Waals surface area contributed by atoms with Gasteiger partial charge in [0, 0.05) is 0 Å². The van der Waals surface area contributed by atoms with Gasteiger partial charge in [-0.05, 0) is 0 Å². The standard InChI is InChI=1S/C2H2N2OS/c1-3-6-4-2-5-1/h1-2H. The number of hydrogen-bond acceptors (Lipinski definition) is 4. The highest BCUT2D eigenvalue weighted by Gasteiger charge is 1.78. The van der Waals surface area contributed by atoms with Gasteiger partial charge < -0.3 is 4.74 Å². The van der Waals surface area contributed by atoms with Gasteiger partial charge in [-0.3, -0.25) is 0 Å². The summed E-state index contributed by atoms with van der Waals surface area (Å²) in [7, 11) is 0. The molecular formula is C2H2N2OS. The van der Waals surface area contributed by atoms with Gasteiger partial charge >= 0.3 is 0 Å². The normalized spacial score (nSPS) is 17.3. The van der Waals surface area contributed by atoms with Gasteiger partial charge in [0.2, 0.25) is 0 Å². The van der Waals surface area contributed by atoms with Crippen LogP contribution in [0.5, 0.6) is 0 Å². The molecular weight excluding hydrogens is 100 g/mol. The molecule has 0 saturated carbocycles. The highest BCUT2D eigenvalue weighted by atomic mass is 32.2. The van der Waals surface area contributed by atoms with Crippen LogP contribution in [0.4, 0.5) is 0 Å². The van der Waals surface area contributed by atoms with Crippen molar-refractivity contribution in [1.29, 1.82) is 0 Å². The molecule has 1 aliphatic heterocycles. The Morgan fingerprint density at radius 2 is 2.00 bits per heavy atom.